The number of anilines is 2. The van der Waals surface area contributed by atoms with Crippen LogP contribution in [-0.4, -0.2) is 20.1 Å². The van der Waals surface area contributed by atoms with Crippen molar-refractivity contribution in [3.8, 4) is 0 Å². The van der Waals surface area contributed by atoms with Crippen molar-refractivity contribution in [1.82, 2.24) is 0 Å². The van der Waals surface area contributed by atoms with Crippen LogP contribution in [-0.2, 0) is 6.42 Å². The van der Waals surface area contributed by atoms with E-state index in [4.69, 9.17) is 11.6 Å². The topological polar surface area (TPSA) is 15.3 Å². The first-order valence-corrected chi connectivity index (χ1v) is 7.62. The Hall–Kier alpha value is -1.67. The Morgan fingerprint density at radius 1 is 1.10 bits per heavy atom. The number of nitrogens with one attached hydrogen (secondary N) is 1. The number of nitrogens with zero attached hydrogens (tertiary/aromatic N) is 1. The Morgan fingerprint density at radius 3 is 2.38 bits per heavy atom. The number of rotatable bonds is 5. The SMILES string of the molecule is Cc1ccc(NC(C)Cc2ccc(Cl)cc2)cc1N(C)C. The summed E-state index contributed by atoms with van der Waals surface area (Å²) in [7, 11) is 4.15. The van der Waals surface area contributed by atoms with Gasteiger partial charge >= 0.3 is 0 Å². The standard InChI is InChI=1S/C18H23ClN2/c1-13-5-10-17(12-18(13)21(3)4)20-14(2)11-15-6-8-16(19)9-7-15/h5-10,12,14,20H,11H2,1-4H3. The Morgan fingerprint density at radius 2 is 1.76 bits per heavy atom. The lowest BCUT2D eigenvalue weighted by atomic mass is 10.1. The Labute approximate surface area is 132 Å². The van der Waals surface area contributed by atoms with Crippen molar-refractivity contribution < 1.29 is 0 Å². The van der Waals surface area contributed by atoms with E-state index < -0.39 is 0 Å². The van der Waals surface area contributed by atoms with E-state index in [2.05, 4.69) is 68.5 Å². The first kappa shape index (κ1) is 15.7. The lowest BCUT2D eigenvalue weighted by molar-refractivity contribution is 0.790. The minimum absolute atomic E-state index is 0.365. The molecule has 2 aromatic carbocycles. The highest BCUT2D eigenvalue weighted by Crippen LogP contribution is 2.23. The summed E-state index contributed by atoms with van der Waals surface area (Å²) in [6, 6.07) is 14.9. The number of hydrogen-bond donors (Lipinski definition) is 1. The first-order valence-electron chi connectivity index (χ1n) is 7.24. The second kappa shape index (κ2) is 6.86. The lowest BCUT2D eigenvalue weighted by Crippen LogP contribution is -2.18. The van der Waals surface area contributed by atoms with E-state index in [1.54, 1.807) is 0 Å². The van der Waals surface area contributed by atoms with Crippen LogP contribution in [0.1, 0.15) is 18.1 Å². The second-order valence-corrected chi connectivity index (χ2v) is 6.21. The number of aryl methyl sites for hydroxylation is 1. The maximum atomic E-state index is 5.92. The molecule has 0 radical (unpaired) electrons. The average Bonchev–Trinajstić information content (AvgIpc) is 2.43. The molecule has 0 aliphatic carbocycles. The van der Waals surface area contributed by atoms with Crippen LogP contribution in [0.3, 0.4) is 0 Å². The van der Waals surface area contributed by atoms with Gasteiger partial charge in [0.2, 0.25) is 0 Å². The lowest BCUT2D eigenvalue weighted by Gasteiger charge is -2.20. The van der Waals surface area contributed by atoms with Crippen LogP contribution in [0, 0.1) is 6.92 Å². The van der Waals surface area contributed by atoms with Crippen LogP contribution in [0.15, 0.2) is 42.5 Å². The number of benzene rings is 2. The fourth-order valence-corrected chi connectivity index (χ4v) is 2.62. The van der Waals surface area contributed by atoms with Gasteiger partial charge in [0.25, 0.3) is 0 Å². The molecule has 3 heteroatoms. The van der Waals surface area contributed by atoms with Crippen molar-refractivity contribution in [2.24, 2.45) is 0 Å². The first-order chi connectivity index (χ1) is 9.95. The summed E-state index contributed by atoms with van der Waals surface area (Å²) in [4.78, 5) is 2.14. The van der Waals surface area contributed by atoms with Gasteiger partial charge in [-0.05, 0) is 55.7 Å². The molecule has 0 saturated heterocycles. The summed E-state index contributed by atoms with van der Waals surface area (Å²) in [6.07, 6.45) is 0.975. The summed E-state index contributed by atoms with van der Waals surface area (Å²) >= 11 is 5.92. The van der Waals surface area contributed by atoms with Gasteiger partial charge in [-0.15, -0.1) is 0 Å². The molecule has 0 aliphatic rings. The molecule has 21 heavy (non-hydrogen) atoms. The van der Waals surface area contributed by atoms with E-state index in [-0.39, 0.29) is 0 Å². The van der Waals surface area contributed by atoms with Gasteiger partial charge in [0.15, 0.2) is 0 Å². The molecule has 2 rings (SSSR count). The van der Waals surface area contributed by atoms with Gasteiger partial charge < -0.3 is 10.2 Å². The highest BCUT2D eigenvalue weighted by molar-refractivity contribution is 6.30. The van der Waals surface area contributed by atoms with E-state index in [1.807, 2.05) is 12.1 Å². The van der Waals surface area contributed by atoms with Crippen molar-refractivity contribution in [2.75, 3.05) is 24.3 Å². The molecule has 0 fully saturated rings. The van der Waals surface area contributed by atoms with E-state index >= 15 is 0 Å². The van der Waals surface area contributed by atoms with Crippen molar-refractivity contribution in [1.29, 1.82) is 0 Å². The number of halogens is 1. The zero-order valence-electron chi connectivity index (χ0n) is 13.2. The maximum absolute atomic E-state index is 5.92. The number of hydrogen-bond acceptors (Lipinski definition) is 2. The van der Waals surface area contributed by atoms with Crippen LogP contribution in [0.25, 0.3) is 0 Å². The van der Waals surface area contributed by atoms with Crippen molar-refractivity contribution in [2.45, 2.75) is 26.3 Å². The highest BCUT2D eigenvalue weighted by Gasteiger charge is 2.06. The molecule has 2 aromatic rings. The molecule has 0 aliphatic heterocycles. The molecule has 0 heterocycles. The molecule has 0 saturated carbocycles. The van der Waals surface area contributed by atoms with Gasteiger partial charge in [-0.3, -0.25) is 0 Å². The van der Waals surface area contributed by atoms with E-state index in [1.165, 1.54) is 16.8 Å². The van der Waals surface area contributed by atoms with E-state index in [0.29, 0.717) is 6.04 Å². The Balaban J connectivity index is 2.04. The summed E-state index contributed by atoms with van der Waals surface area (Å²) in [5.41, 5.74) is 4.99. The largest absolute Gasteiger partial charge is 0.382 e. The third-order valence-electron chi connectivity index (χ3n) is 3.56. The Kier molecular flexibility index (Phi) is 5.13. The highest BCUT2D eigenvalue weighted by atomic mass is 35.5. The van der Waals surface area contributed by atoms with Gasteiger partial charge in [0, 0.05) is 36.5 Å². The van der Waals surface area contributed by atoms with Gasteiger partial charge in [0.05, 0.1) is 0 Å². The molecule has 0 aromatic heterocycles. The van der Waals surface area contributed by atoms with E-state index in [9.17, 15) is 0 Å². The van der Waals surface area contributed by atoms with Crippen molar-refractivity contribution >= 4 is 23.0 Å². The zero-order valence-corrected chi connectivity index (χ0v) is 13.9. The van der Waals surface area contributed by atoms with Crippen molar-refractivity contribution in [3.05, 3.63) is 58.6 Å². The molecule has 1 atom stereocenters. The summed E-state index contributed by atoms with van der Waals surface area (Å²) in [6.45, 7) is 4.33. The van der Waals surface area contributed by atoms with Gasteiger partial charge in [-0.25, -0.2) is 0 Å². The van der Waals surface area contributed by atoms with Gasteiger partial charge in [-0.1, -0.05) is 29.8 Å². The molecule has 1 unspecified atom stereocenters. The molecule has 112 valence electrons. The molecular weight excluding hydrogens is 280 g/mol. The predicted octanol–water partition coefficient (Wildman–Crippen LogP) is 4.76. The van der Waals surface area contributed by atoms with Crippen LogP contribution in [0.2, 0.25) is 5.02 Å². The average molecular weight is 303 g/mol. The molecule has 0 amide bonds. The minimum Gasteiger partial charge on any atom is -0.382 e. The minimum atomic E-state index is 0.365. The third-order valence-corrected chi connectivity index (χ3v) is 3.81. The molecular formula is C18H23ClN2. The Bertz CT molecular complexity index is 591. The summed E-state index contributed by atoms with van der Waals surface area (Å²) < 4.78 is 0. The molecule has 1 N–H and O–H groups in total. The fraction of sp³-hybridized carbons (Fsp3) is 0.333. The zero-order chi connectivity index (χ0) is 15.4. The monoisotopic (exact) mass is 302 g/mol. The summed E-state index contributed by atoms with van der Waals surface area (Å²) in [5, 5.41) is 4.35. The molecule has 2 nitrogen and oxygen atoms in total. The maximum Gasteiger partial charge on any atom is 0.0411 e. The fourth-order valence-electron chi connectivity index (χ4n) is 2.49. The predicted molar refractivity (Wildman–Crippen MR) is 93.7 cm³/mol. The molecule has 0 spiro atoms. The van der Waals surface area contributed by atoms with Gasteiger partial charge in [-0.2, -0.15) is 0 Å². The van der Waals surface area contributed by atoms with Gasteiger partial charge in [0.1, 0.15) is 0 Å². The van der Waals surface area contributed by atoms with Crippen LogP contribution in [0.5, 0.6) is 0 Å². The summed E-state index contributed by atoms with van der Waals surface area (Å²) in [5.74, 6) is 0. The van der Waals surface area contributed by atoms with Crippen LogP contribution >= 0.6 is 11.6 Å². The van der Waals surface area contributed by atoms with E-state index in [0.717, 1.165) is 17.1 Å². The van der Waals surface area contributed by atoms with Crippen LogP contribution < -0.4 is 10.2 Å². The third kappa shape index (κ3) is 4.40. The van der Waals surface area contributed by atoms with Crippen molar-refractivity contribution in [3.63, 3.8) is 0 Å². The van der Waals surface area contributed by atoms with Crippen LogP contribution in [0.4, 0.5) is 11.4 Å². The smallest absolute Gasteiger partial charge is 0.0411 e. The normalized spacial score (nSPS) is 12.0. The molecule has 0 bridgehead atoms. The second-order valence-electron chi connectivity index (χ2n) is 5.77. The quantitative estimate of drug-likeness (QED) is 0.857.